The van der Waals surface area contributed by atoms with E-state index in [9.17, 15) is 4.79 Å². The fraction of sp³-hybridized carbons (Fsp3) is 0.444. The third kappa shape index (κ3) is 3.79. The number of carbonyl (C=O) groups is 1. The average Bonchev–Trinajstić information content (AvgIpc) is 3.10. The van der Waals surface area contributed by atoms with Crippen molar-refractivity contribution in [3.63, 3.8) is 0 Å². The highest BCUT2D eigenvalue weighted by atomic mass is 16.5. The van der Waals surface area contributed by atoms with Crippen LogP contribution in [0.5, 0.6) is 0 Å². The predicted molar refractivity (Wildman–Crippen MR) is 88.6 cm³/mol. The first-order valence-electron chi connectivity index (χ1n) is 8.14. The molecule has 1 N–H and O–H groups in total. The van der Waals surface area contributed by atoms with E-state index < -0.39 is 0 Å². The number of benzene rings is 1. The quantitative estimate of drug-likeness (QED) is 0.944. The molecule has 0 aliphatic carbocycles. The van der Waals surface area contributed by atoms with Gasteiger partial charge in [-0.15, -0.1) is 0 Å². The molecular weight excluding hydrogens is 290 g/mol. The molecule has 122 valence electrons. The summed E-state index contributed by atoms with van der Waals surface area (Å²) in [5, 5.41) is 3.15. The molecule has 1 saturated heterocycles. The first-order valence-corrected chi connectivity index (χ1v) is 8.14. The van der Waals surface area contributed by atoms with E-state index in [1.807, 2.05) is 35.0 Å². The minimum atomic E-state index is -0.0265. The van der Waals surface area contributed by atoms with Crippen molar-refractivity contribution in [2.24, 2.45) is 5.92 Å². The van der Waals surface area contributed by atoms with Crippen molar-refractivity contribution in [2.45, 2.75) is 38.8 Å². The number of rotatable bonds is 4. The van der Waals surface area contributed by atoms with Gasteiger partial charge in [-0.25, -0.2) is 4.98 Å². The Morgan fingerprint density at radius 2 is 2.30 bits per heavy atom. The number of nitrogens with one attached hydrogen (secondary N) is 1. The van der Waals surface area contributed by atoms with Crippen LogP contribution in [-0.2, 0) is 4.74 Å². The van der Waals surface area contributed by atoms with Gasteiger partial charge in [0, 0.05) is 36.3 Å². The summed E-state index contributed by atoms with van der Waals surface area (Å²) in [6, 6.07) is 7.76. The molecule has 3 rings (SSSR count). The van der Waals surface area contributed by atoms with Crippen molar-refractivity contribution >= 4 is 5.91 Å². The zero-order valence-corrected chi connectivity index (χ0v) is 13.6. The molecule has 1 aliphatic heterocycles. The van der Waals surface area contributed by atoms with E-state index >= 15 is 0 Å². The van der Waals surface area contributed by atoms with E-state index in [1.54, 1.807) is 12.5 Å². The van der Waals surface area contributed by atoms with E-state index in [0.29, 0.717) is 18.1 Å². The molecule has 1 aromatic heterocycles. The molecule has 5 heteroatoms. The Hall–Kier alpha value is -2.14. The van der Waals surface area contributed by atoms with Gasteiger partial charge in [0.15, 0.2) is 0 Å². The Bertz CT molecular complexity index is 652. The van der Waals surface area contributed by atoms with Crippen molar-refractivity contribution in [1.82, 2.24) is 14.9 Å². The van der Waals surface area contributed by atoms with E-state index in [-0.39, 0.29) is 18.1 Å². The molecule has 2 heterocycles. The van der Waals surface area contributed by atoms with Crippen molar-refractivity contribution in [3.05, 3.63) is 48.5 Å². The molecule has 23 heavy (non-hydrogen) atoms. The van der Waals surface area contributed by atoms with Crippen LogP contribution in [0.3, 0.4) is 0 Å². The zero-order chi connectivity index (χ0) is 16.2. The van der Waals surface area contributed by atoms with Crippen LogP contribution < -0.4 is 5.32 Å². The maximum Gasteiger partial charge on any atom is 0.251 e. The van der Waals surface area contributed by atoms with Gasteiger partial charge in [-0.05, 0) is 37.0 Å². The highest BCUT2D eigenvalue weighted by molar-refractivity contribution is 5.94. The highest BCUT2D eigenvalue weighted by Crippen LogP contribution is 2.20. The second kappa shape index (κ2) is 6.96. The Morgan fingerprint density at radius 1 is 1.43 bits per heavy atom. The lowest BCUT2D eigenvalue weighted by molar-refractivity contribution is -0.0233. The zero-order valence-electron chi connectivity index (χ0n) is 13.6. The van der Waals surface area contributed by atoms with Crippen molar-refractivity contribution in [2.75, 3.05) is 6.61 Å². The molecule has 2 aromatic rings. The Balaban J connectivity index is 1.68. The van der Waals surface area contributed by atoms with Crippen LogP contribution >= 0.6 is 0 Å². The Labute approximate surface area is 136 Å². The molecular formula is C18H23N3O2. The summed E-state index contributed by atoms with van der Waals surface area (Å²) in [6.07, 6.45) is 7.29. The molecule has 2 unspecified atom stereocenters. The van der Waals surface area contributed by atoms with Gasteiger partial charge in [-0.2, -0.15) is 0 Å². The maximum atomic E-state index is 12.5. The molecule has 0 radical (unpaired) electrons. The van der Waals surface area contributed by atoms with Gasteiger partial charge in [-0.3, -0.25) is 4.79 Å². The third-order valence-electron chi connectivity index (χ3n) is 4.30. The standard InChI is InChI=1S/C18H23N3O2/c1-13(2)17-11-15(6-9-23-17)20-18(22)14-4-3-5-16(10-14)21-8-7-19-12-21/h3-5,7-8,10,12-13,15,17H,6,9,11H2,1-2H3,(H,20,22). The SMILES string of the molecule is CC(C)C1CC(NC(=O)c2cccc(-n3ccnc3)c2)CCO1. The molecule has 1 amide bonds. The maximum absolute atomic E-state index is 12.5. The first-order chi connectivity index (χ1) is 11.1. The van der Waals surface area contributed by atoms with Crippen LogP contribution in [0.15, 0.2) is 43.0 Å². The lowest BCUT2D eigenvalue weighted by atomic mass is 9.95. The fourth-order valence-corrected chi connectivity index (χ4v) is 2.91. The summed E-state index contributed by atoms with van der Waals surface area (Å²) in [5.41, 5.74) is 1.60. The summed E-state index contributed by atoms with van der Waals surface area (Å²) in [4.78, 5) is 16.6. The molecule has 0 bridgehead atoms. The van der Waals surface area contributed by atoms with E-state index in [2.05, 4.69) is 24.1 Å². The molecule has 1 fully saturated rings. The minimum Gasteiger partial charge on any atom is -0.378 e. The molecule has 0 spiro atoms. The predicted octanol–water partition coefficient (Wildman–Crippen LogP) is 2.81. The van der Waals surface area contributed by atoms with Gasteiger partial charge >= 0.3 is 0 Å². The summed E-state index contributed by atoms with van der Waals surface area (Å²) in [5.74, 6) is 0.445. The van der Waals surface area contributed by atoms with Gasteiger partial charge < -0.3 is 14.6 Å². The Kier molecular flexibility index (Phi) is 4.76. The van der Waals surface area contributed by atoms with Gasteiger partial charge in [0.25, 0.3) is 5.91 Å². The Morgan fingerprint density at radius 3 is 3.04 bits per heavy atom. The van der Waals surface area contributed by atoms with Gasteiger partial charge in [0.1, 0.15) is 0 Å². The highest BCUT2D eigenvalue weighted by Gasteiger charge is 2.26. The molecule has 0 saturated carbocycles. The average molecular weight is 313 g/mol. The van der Waals surface area contributed by atoms with Crippen LogP contribution in [-0.4, -0.2) is 34.2 Å². The van der Waals surface area contributed by atoms with Crippen molar-refractivity contribution in [3.8, 4) is 5.69 Å². The largest absolute Gasteiger partial charge is 0.378 e. The van der Waals surface area contributed by atoms with E-state index in [0.717, 1.165) is 18.5 Å². The molecule has 2 atom stereocenters. The van der Waals surface area contributed by atoms with Crippen LogP contribution in [0.1, 0.15) is 37.0 Å². The lowest BCUT2D eigenvalue weighted by Gasteiger charge is -2.32. The minimum absolute atomic E-state index is 0.0265. The number of ether oxygens (including phenoxy) is 1. The van der Waals surface area contributed by atoms with Gasteiger partial charge in [-0.1, -0.05) is 19.9 Å². The summed E-state index contributed by atoms with van der Waals surface area (Å²) in [6.45, 7) is 5.02. The van der Waals surface area contributed by atoms with Crippen molar-refractivity contribution in [1.29, 1.82) is 0 Å². The number of nitrogens with zero attached hydrogens (tertiary/aromatic N) is 2. The van der Waals surface area contributed by atoms with Crippen molar-refractivity contribution < 1.29 is 9.53 Å². The smallest absolute Gasteiger partial charge is 0.251 e. The third-order valence-corrected chi connectivity index (χ3v) is 4.30. The second-order valence-corrected chi connectivity index (χ2v) is 6.37. The second-order valence-electron chi connectivity index (χ2n) is 6.37. The number of imidazole rings is 1. The number of hydrogen-bond donors (Lipinski definition) is 1. The molecule has 1 aliphatic rings. The number of carbonyl (C=O) groups excluding carboxylic acids is 1. The fourth-order valence-electron chi connectivity index (χ4n) is 2.91. The molecule has 1 aromatic carbocycles. The van der Waals surface area contributed by atoms with Crippen LogP contribution in [0.2, 0.25) is 0 Å². The van der Waals surface area contributed by atoms with E-state index in [4.69, 9.17) is 4.74 Å². The normalized spacial score (nSPS) is 21.3. The topological polar surface area (TPSA) is 56.2 Å². The van der Waals surface area contributed by atoms with E-state index in [1.165, 1.54) is 0 Å². The first kappa shape index (κ1) is 15.7. The van der Waals surface area contributed by atoms with Gasteiger partial charge in [0.05, 0.1) is 12.4 Å². The lowest BCUT2D eigenvalue weighted by Crippen LogP contribution is -2.43. The van der Waals surface area contributed by atoms with Crippen LogP contribution in [0.4, 0.5) is 0 Å². The molecule has 5 nitrogen and oxygen atoms in total. The number of aromatic nitrogens is 2. The van der Waals surface area contributed by atoms with Crippen LogP contribution in [0.25, 0.3) is 5.69 Å². The monoisotopic (exact) mass is 313 g/mol. The van der Waals surface area contributed by atoms with Crippen LogP contribution in [0, 0.1) is 5.92 Å². The number of hydrogen-bond acceptors (Lipinski definition) is 3. The van der Waals surface area contributed by atoms with Gasteiger partial charge in [0.2, 0.25) is 0 Å². The number of amides is 1. The summed E-state index contributed by atoms with van der Waals surface area (Å²) in [7, 11) is 0. The summed E-state index contributed by atoms with van der Waals surface area (Å²) >= 11 is 0. The summed E-state index contributed by atoms with van der Waals surface area (Å²) < 4.78 is 7.65.